The predicted octanol–water partition coefficient (Wildman–Crippen LogP) is 3.02. The van der Waals surface area contributed by atoms with E-state index in [0.29, 0.717) is 17.1 Å². The average molecular weight is 445 g/mol. The van der Waals surface area contributed by atoms with E-state index in [4.69, 9.17) is 4.42 Å². The van der Waals surface area contributed by atoms with Gasteiger partial charge in [0.15, 0.2) is 5.76 Å². The highest BCUT2D eigenvalue weighted by atomic mass is 16.4. The minimum Gasteiger partial charge on any atom is -0.451 e. The second-order valence-corrected chi connectivity index (χ2v) is 7.55. The molecule has 3 N–H and O–H groups in total. The number of aromatic nitrogens is 2. The van der Waals surface area contributed by atoms with E-state index in [1.807, 2.05) is 29.7 Å². The fraction of sp³-hybridized carbons (Fsp3) is 0.167. The first-order valence-corrected chi connectivity index (χ1v) is 10.3. The van der Waals surface area contributed by atoms with Gasteiger partial charge in [-0.1, -0.05) is 6.07 Å². The Bertz CT molecular complexity index is 1340. The van der Waals surface area contributed by atoms with Gasteiger partial charge in [0.25, 0.3) is 11.8 Å². The second kappa shape index (κ2) is 8.99. The van der Waals surface area contributed by atoms with Crippen LogP contribution >= 0.6 is 0 Å². The third-order valence-electron chi connectivity index (χ3n) is 5.15. The minimum absolute atomic E-state index is 0.0975. The summed E-state index contributed by atoms with van der Waals surface area (Å²) in [6.07, 6.45) is 3.53. The molecule has 0 aliphatic rings. The van der Waals surface area contributed by atoms with Crippen molar-refractivity contribution >= 4 is 29.1 Å². The van der Waals surface area contributed by atoms with E-state index in [2.05, 4.69) is 20.9 Å². The molecule has 9 nitrogen and oxygen atoms in total. The Morgan fingerprint density at radius 2 is 1.79 bits per heavy atom. The van der Waals surface area contributed by atoms with Crippen LogP contribution < -0.4 is 16.0 Å². The molecule has 3 heterocycles. The number of fused-ring (bicyclic) bond motifs is 1. The van der Waals surface area contributed by atoms with Gasteiger partial charge in [0.1, 0.15) is 23.1 Å². The van der Waals surface area contributed by atoms with Gasteiger partial charge in [-0.05, 0) is 61.9 Å². The zero-order valence-electron chi connectivity index (χ0n) is 18.4. The van der Waals surface area contributed by atoms with E-state index in [1.54, 1.807) is 49.5 Å². The number of benzene rings is 1. The zero-order chi connectivity index (χ0) is 23.5. The van der Waals surface area contributed by atoms with Gasteiger partial charge >= 0.3 is 0 Å². The number of carbonyl (C=O) groups excluding carboxylic acids is 3. The number of aryl methyl sites for hydroxylation is 1. The summed E-state index contributed by atoms with van der Waals surface area (Å²) in [6, 6.07) is 13.4. The Labute approximate surface area is 189 Å². The number of nitrogens with zero attached hydrogens (tertiary/aromatic N) is 2. The molecule has 0 spiro atoms. The van der Waals surface area contributed by atoms with E-state index in [-0.39, 0.29) is 17.6 Å². The van der Waals surface area contributed by atoms with Gasteiger partial charge in [0.05, 0.1) is 0 Å². The van der Waals surface area contributed by atoms with Crippen molar-refractivity contribution in [3.63, 3.8) is 0 Å². The predicted molar refractivity (Wildman–Crippen MR) is 123 cm³/mol. The molecule has 0 bridgehead atoms. The first-order chi connectivity index (χ1) is 15.9. The summed E-state index contributed by atoms with van der Waals surface area (Å²) in [5.74, 6) is -0.509. The number of carbonyl (C=O) groups is 3. The molecule has 33 heavy (non-hydrogen) atoms. The number of nitrogens with one attached hydrogen (secondary N) is 3. The summed E-state index contributed by atoms with van der Waals surface area (Å²) < 4.78 is 7.45. The quantitative estimate of drug-likeness (QED) is 0.422. The summed E-state index contributed by atoms with van der Waals surface area (Å²) in [4.78, 5) is 40.9. The third-order valence-corrected chi connectivity index (χ3v) is 5.15. The van der Waals surface area contributed by atoms with Crippen molar-refractivity contribution in [2.45, 2.75) is 19.9 Å². The average Bonchev–Trinajstić information content (AvgIpc) is 3.47. The number of furan rings is 1. The number of rotatable bonds is 6. The Morgan fingerprint density at radius 1 is 1.03 bits per heavy atom. The Morgan fingerprint density at radius 3 is 2.48 bits per heavy atom. The topological polar surface area (TPSA) is 118 Å². The molecular formula is C24H23N5O4. The van der Waals surface area contributed by atoms with Gasteiger partial charge in [-0.25, -0.2) is 4.98 Å². The number of pyridine rings is 1. The smallest absolute Gasteiger partial charge is 0.287 e. The minimum atomic E-state index is -0.684. The monoisotopic (exact) mass is 445 g/mol. The lowest BCUT2D eigenvalue weighted by Crippen LogP contribution is -2.43. The molecule has 3 aromatic heterocycles. The van der Waals surface area contributed by atoms with Crippen molar-refractivity contribution in [1.82, 2.24) is 20.0 Å². The molecule has 0 saturated heterocycles. The van der Waals surface area contributed by atoms with Crippen LogP contribution in [0.25, 0.3) is 17.0 Å². The van der Waals surface area contributed by atoms with Crippen LogP contribution in [0.2, 0.25) is 0 Å². The van der Waals surface area contributed by atoms with Crippen molar-refractivity contribution in [2.75, 3.05) is 12.4 Å². The Kier molecular flexibility index (Phi) is 5.95. The molecule has 4 aromatic rings. The zero-order valence-corrected chi connectivity index (χ0v) is 18.4. The van der Waals surface area contributed by atoms with Crippen LogP contribution in [0.3, 0.4) is 0 Å². The molecule has 1 aromatic carbocycles. The molecule has 0 unspecified atom stereocenters. The van der Waals surface area contributed by atoms with Gasteiger partial charge in [-0.2, -0.15) is 0 Å². The van der Waals surface area contributed by atoms with Crippen LogP contribution in [0.1, 0.15) is 33.5 Å². The number of likely N-dealkylation sites (N-methyl/N-ethyl adjacent to an activating group) is 1. The van der Waals surface area contributed by atoms with Crippen molar-refractivity contribution in [3.8, 4) is 11.3 Å². The fourth-order valence-electron chi connectivity index (χ4n) is 3.34. The lowest BCUT2D eigenvalue weighted by molar-refractivity contribution is -0.122. The standard InChI is InChI=1S/C24H23N5O4/c1-14-5-4-12-29-13-18(28-21(14)29)23(31)27-17-8-6-16(7-9-17)19-10-11-20(33-19)24(32)26-15(2)22(30)25-3/h4-13,15H,1-3H3,(H,25,30)(H,26,32)(H,27,31)/t15-/m0/s1. The lowest BCUT2D eigenvalue weighted by atomic mass is 10.1. The molecule has 1 atom stereocenters. The van der Waals surface area contributed by atoms with Crippen LogP contribution in [0, 0.1) is 6.92 Å². The summed E-state index contributed by atoms with van der Waals surface area (Å²) in [7, 11) is 1.50. The first-order valence-electron chi connectivity index (χ1n) is 10.3. The van der Waals surface area contributed by atoms with Gasteiger partial charge in [0.2, 0.25) is 5.91 Å². The highest BCUT2D eigenvalue weighted by Crippen LogP contribution is 2.24. The molecule has 168 valence electrons. The van der Waals surface area contributed by atoms with Gasteiger partial charge in [-0.3, -0.25) is 14.4 Å². The Balaban J connectivity index is 1.43. The van der Waals surface area contributed by atoms with E-state index < -0.39 is 11.9 Å². The molecule has 0 aliphatic heterocycles. The maximum atomic E-state index is 12.6. The van der Waals surface area contributed by atoms with Crippen LogP contribution in [0.4, 0.5) is 5.69 Å². The van der Waals surface area contributed by atoms with E-state index in [1.165, 1.54) is 7.05 Å². The molecule has 0 fully saturated rings. The molecule has 4 rings (SSSR count). The summed E-state index contributed by atoms with van der Waals surface area (Å²) >= 11 is 0. The highest BCUT2D eigenvalue weighted by molar-refractivity contribution is 6.03. The highest BCUT2D eigenvalue weighted by Gasteiger charge is 2.18. The Hall–Kier alpha value is -4.40. The lowest BCUT2D eigenvalue weighted by Gasteiger charge is -2.10. The van der Waals surface area contributed by atoms with Crippen LogP contribution in [0.15, 0.2) is 65.3 Å². The van der Waals surface area contributed by atoms with Gasteiger partial charge < -0.3 is 24.8 Å². The number of amides is 3. The molecule has 9 heteroatoms. The third kappa shape index (κ3) is 4.62. The molecule has 3 amide bonds. The van der Waals surface area contributed by atoms with E-state index in [9.17, 15) is 14.4 Å². The van der Waals surface area contributed by atoms with Crippen LogP contribution in [0.5, 0.6) is 0 Å². The summed E-state index contributed by atoms with van der Waals surface area (Å²) in [5.41, 5.74) is 3.37. The normalized spacial score (nSPS) is 11.7. The van der Waals surface area contributed by atoms with E-state index >= 15 is 0 Å². The van der Waals surface area contributed by atoms with E-state index in [0.717, 1.165) is 16.8 Å². The largest absolute Gasteiger partial charge is 0.451 e. The molecule has 0 aliphatic carbocycles. The van der Waals surface area contributed by atoms with Crippen molar-refractivity contribution in [3.05, 3.63) is 77.9 Å². The number of imidazole rings is 1. The number of anilines is 1. The SMILES string of the molecule is CNC(=O)[C@H](C)NC(=O)c1ccc(-c2ccc(NC(=O)c3cn4cccc(C)c4n3)cc2)o1. The fourth-order valence-corrected chi connectivity index (χ4v) is 3.34. The number of hydrogen-bond acceptors (Lipinski definition) is 5. The van der Waals surface area contributed by atoms with Crippen LogP contribution in [-0.2, 0) is 4.79 Å². The molecule has 0 saturated carbocycles. The summed E-state index contributed by atoms with van der Waals surface area (Å²) in [6.45, 7) is 3.52. The molecule has 0 radical (unpaired) electrons. The second-order valence-electron chi connectivity index (χ2n) is 7.55. The summed E-state index contributed by atoms with van der Waals surface area (Å²) in [5, 5.41) is 7.87. The molecular weight excluding hydrogens is 422 g/mol. The maximum absolute atomic E-state index is 12.6. The van der Waals surface area contributed by atoms with Crippen molar-refractivity contribution < 1.29 is 18.8 Å². The van der Waals surface area contributed by atoms with Crippen molar-refractivity contribution in [1.29, 1.82) is 0 Å². The maximum Gasteiger partial charge on any atom is 0.287 e. The first kappa shape index (κ1) is 21.8. The van der Waals surface area contributed by atoms with Gasteiger partial charge in [-0.15, -0.1) is 0 Å². The number of hydrogen-bond donors (Lipinski definition) is 3. The van der Waals surface area contributed by atoms with Crippen LogP contribution in [-0.4, -0.2) is 40.2 Å². The van der Waals surface area contributed by atoms with Gasteiger partial charge in [0, 0.05) is 30.7 Å². The van der Waals surface area contributed by atoms with Crippen molar-refractivity contribution in [2.24, 2.45) is 0 Å².